The second kappa shape index (κ2) is 7.05. The van der Waals surface area contributed by atoms with Crippen LogP contribution in [0.5, 0.6) is 0 Å². The van der Waals surface area contributed by atoms with Crippen LogP contribution in [0.4, 0.5) is 5.69 Å². The van der Waals surface area contributed by atoms with Gasteiger partial charge in [-0.25, -0.2) is 9.67 Å². The summed E-state index contributed by atoms with van der Waals surface area (Å²) in [6.07, 6.45) is 4.66. The number of hydrogen-bond donors (Lipinski definition) is 1. The van der Waals surface area contributed by atoms with Gasteiger partial charge in [0.2, 0.25) is 5.91 Å². The summed E-state index contributed by atoms with van der Waals surface area (Å²) in [6.45, 7) is 8.30. The molecule has 0 saturated carbocycles. The summed E-state index contributed by atoms with van der Waals surface area (Å²) >= 11 is 0. The van der Waals surface area contributed by atoms with E-state index in [1.54, 1.807) is 12.4 Å². The molecule has 130 valence electrons. The number of nitrogens with one attached hydrogen (secondary N) is 1. The zero-order chi connectivity index (χ0) is 18.0. The quantitative estimate of drug-likeness (QED) is 0.759. The summed E-state index contributed by atoms with van der Waals surface area (Å²) in [5.41, 5.74) is 5.24. The maximum absolute atomic E-state index is 12.3. The van der Waals surface area contributed by atoms with Gasteiger partial charge >= 0.3 is 0 Å². The van der Waals surface area contributed by atoms with Gasteiger partial charge in [0.25, 0.3) is 0 Å². The standard InChI is InChI=1S/C20H24N4O/c1-13(2)24-20-17(11-22-24)10-18(12-21-20)23-19(25)8-7-16-6-5-14(3)9-15(16)4/h5-6,9-13H,7-8H2,1-4H3,(H,23,25). The Balaban J connectivity index is 1.65. The minimum Gasteiger partial charge on any atom is -0.325 e. The van der Waals surface area contributed by atoms with Crippen molar-refractivity contribution < 1.29 is 4.79 Å². The van der Waals surface area contributed by atoms with Gasteiger partial charge in [0, 0.05) is 17.8 Å². The van der Waals surface area contributed by atoms with E-state index in [2.05, 4.69) is 61.3 Å². The van der Waals surface area contributed by atoms with Crippen LogP contribution in [-0.2, 0) is 11.2 Å². The molecule has 0 aliphatic rings. The fourth-order valence-electron chi connectivity index (χ4n) is 2.98. The number of amides is 1. The molecule has 0 spiro atoms. The number of aromatic nitrogens is 3. The van der Waals surface area contributed by atoms with Crippen molar-refractivity contribution in [2.45, 2.75) is 46.6 Å². The van der Waals surface area contributed by atoms with E-state index in [0.29, 0.717) is 12.1 Å². The van der Waals surface area contributed by atoms with Gasteiger partial charge in [0.05, 0.1) is 18.1 Å². The van der Waals surface area contributed by atoms with Crippen LogP contribution >= 0.6 is 0 Å². The highest BCUT2D eigenvalue weighted by atomic mass is 16.1. The second-order valence-electron chi connectivity index (χ2n) is 6.80. The fourth-order valence-corrected chi connectivity index (χ4v) is 2.98. The number of rotatable bonds is 5. The van der Waals surface area contributed by atoms with Gasteiger partial charge in [0.1, 0.15) is 0 Å². The van der Waals surface area contributed by atoms with Crippen LogP contribution in [0.1, 0.15) is 43.0 Å². The first kappa shape index (κ1) is 17.1. The van der Waals surface area contributed by atoms with Crippen molar-refractivity contribution >= 4 is 22.6 Å². The smallest absolute Gasteiger partial charge is 0.224 e. The summed E-state index contributed by atoms with van der Waals surface area (Å²) in [6, 6.07) is 8.51. The Kier molecular flexibility index (Phi) is 4.83. The van der Waals surface area contributed by atoms with Crippen molar-refractivity contribution in [1.29, 1.82) is 0 Å². The van der Waals surface area contributed by atoms with Crippen LogP contribution in [0.3, 0.4) is 0 Å². The monoisotopic (exact) mass is 336 g/mol. The van der Waals surface area contributed by atoms with Crippen molar-refractivity contribution in [1.82, 2.24) is 14.8 Å². The molecule has 3 aromatic rings. The van der Waals surface area contributed by atoms with E-state index in [1.165, 1.54) is 16.7 Å². The van der Waals surface area contributed by atoms with Crippen molar-refractivity contribution in [2.75, 3.05) is 5.32 Å². The van der Waals surface area contributed by atoms with Crippen LogP contribution < -0.4 is 5.32 Å². The van der Waals surface area contributed by atoms with Gasteiger partial charge in [0.15, 0.2) is 5.65 Å². The number of nitrogens with zero attached hydrogens (tertiary/aromatic N) is 3. The van der Waals surface area contributed by atoms with Gasteiger partial charge in [-0.1, -0.05) is 23.8 Å². The summed E-state index contributed by atoms with van der Waals surface area (Å²) < 4.78 is 1.88. The van der Waals surface area contributed by atoms with Crippen LogP contribution in [0, 0.1) is 13.8 Å². The molecule has 0 unspecified atom stereocenters. The number of carbonyl (C=O) groups excluding carboxylic acids is 1. The van der Waals surface area contributed by atoms with Crippen molar-refractivity contribution in [3.8, 4) is 0 Å². The van der Waals surface area contributed by atoms with Crippen LogP contribution in [0.15, 0.2) is 36.7 Å². The van der Waals surface area contributed by atoms with Crippen LogP contribution in [-0.4, -0.2) is 20.7 Å². The molecular formula is C20H24N4O. The molecule has 1 aromatic carbocycles. The number of pyridine rings is 1. The molecule has 0 saturated heterocycles. The number of anilines is 1. The first-order valence-corrected chi connectivity index (χ1v) is 8.63. The Bertz CT molecular complexity index is 911. The second-order valence-corrected chi connectivity index (χ2v) is 6.80. The maximum Gasteiger partial charge on any atom is 0.224 e. The molecule has 0 atom stereocenters. The Morgan fingerprint density at radius 3 is 2.72 bits per heavy atom. The molecular weight excluding hydrogens is 312 g/mol. The zero-order valence-electron chi connectivity index (χ0n) is 15.2. The molecule has 2 aromatic heterocycles. The molecule has 5 heteroatoms. The molecule has 0 aliphatic heterocycles. The summed E-state index contributed by atoms with van der Waals surface area (Å²) in [4.78, 5) is 16.7. The van der Waals surface area contributed by atoms with E-state index in [1.807, 2.05) is 10.7 Å². The highest BCUT2D eigenvalue weighted by molar-refractivity contribution is 5.92. The lowest BCUT2D eigenvalue weighted by molar-refractivity contribution is -0.116. The van der Waals surface area contributed by atoms with Crippen molar-refractivity contribution in [3.63, 3.8) is 0 Å². The fraction of sp³-hybridized carbons (Fsp3) is 0.350. The molecule has 1 N–H and O–H groups in total. The minimum absolute atomic E-state index is 0.00243. The average Bonchev–Trinajstić information content (AvgIpc) is 2.97. The topological polar surface area (TPSA) is 59.8 Å². The van der Waals surface area contributed by atoms with Crippen molar-refractivity contribution in [3.05, 3.63) is 53.3 Å². The largest absolute Gasteiger partial charge is 0.325 e. The van der Waals surface area contributed by atoms with Gasteiger partial charge < -0.3 is 5.32 Å². The summed E-state index contributed by atoms with van der Waals surface area (Å²) in [5, 5.41) is 8.22. The van der Waals surface area contributed by atoms with Gasteiger partial charge in [-0.2, -0.15) is 5.10 Å². The first-order chi connectivity index (χ1) is 11.9. The lowest BCUT2D eigenvalue weighted by Gasteiger charge is -2.09. The lowest BCUT2D eigenvalue weighted by Crippen LogP contribution is -2.13. The molecule has 1 amide bonds. The lowest BCUT2D eigenvalue weighted by atomic mass is 10.0. The van der Waals surface area contributed by atoms with Gasteiger partial charge in [-0.15, -0.1) is 0 Å². The predicted molar refractivity (Wildman–Crippen MR) is 101 cm³/mol. The summed E-state index contributed by atoms with van der Waals surface area (Å²) in [5.74, 6) is -0.00243. The molecule has 3 rings (SSSR count). The molecule has 0 aliphatic carbocycles. The van der Waals surface area contributed by atoms with Crippen molar-refractivity contribution in [2.24, 2.45) is 0 Å². The minimum atomic E-state index is -0.00243. The third-order valence-electron chi connectivity index (χ3n) is 4.33. The number of carbonyl (C=O) groups is 1. The zero-order valence-corrected chi connectivity index (χ0v) is 15.2. The predicted octanol–water partition coefficient (Wildman–Crippen LogP) is 4.20. The van der Waals surface area contributed by atoms with Crippen LogP contribution in [0.2, 0.25) is 0 Å². The molecule has 25 heavy (non-hydrogen) atoms. The van der Waals surface area contributed by atoms with Crippen LogP contribution in [0.25, 0.3) is 11.0 Å². The SMILES string of the molecule is Cc1ccc(CCC(=O)Nc2cnc3c(cnn3C(C)C)c2)c(C)c1. The molecule has 0 bridgehead atoms. The molecule has 2 heterocycles. The van der Waals surface area contributed by atoms with E-state index in [4.69, 9.17) is 0 Å². The van der Waals surface area contributed by atoms with E-state index < -0.39 is 0 Å². The number of aryl methyl sites for hydroxylation is 3. The molecule has 5 nitrogen and oxygen atoms in total. The number of benzene rings is 1. The maximum atomic E-state index is 12.3. The van der Waals surface area contributed by atoms with E-state index in [-0.39, 0.29) is 11.9 Å². The highest BCUT2D eigenvalue weighted by Gasteiger charge is 2.10. The van der Waals surface area contributed by atoms with Gasteiger partial charge in [-0.3, -0.25) is 4.79 Å². The number of fused-ring (bicyclic) bond motifs is 1. The third kappa shape index (κ3) is 3.87. The number of hydrogen-bond acceptors (Lipinski definition) is 3. The average molecular weight is 336 g/mol. The Labute approximate surface area is 148 Å². The molecule has 0 fully saturated rings. The Hall–Kier alpha value is -2.69. The molecule has 0 radical (unpaired) electrons. The Morgan fingerprint density at radius 2 is 2.00 bits per heavy atom. The van der Waals surface area contributed by atoms with E-state index in [0.717, 1.165) is 17.5 Å². The first-order valence-electron chi connectivity index (χ1n) is 8.63. The van der Waals surface area contributed by atoms with E-state index in [9.17, 15) is 4.79 Å². The normalized spacial score (nSPS) is 11.2. The van der Waals surface area contributed by atoms with Gasteiger partial charge in [-0.05, 0) is 51.3 Å². The third-order valence-corrected chi connectivity index (χ3v) is 4.33. The summed E-state index contributed by atoms with van der Waals surface area (Å²) in [7, 11) is 0. The Morgan fingerprint density at radius 1 is 1.20 bits per heavy atom. The highest BCUT2D eigenvalue weighted by Crippen LogP contribution is 2.19. The van der Waals surface area contributed by atoms with E-state index >= 15 is 0 Å².